The van der Waals surface area contributed by atoms with Gasteiger partial charge in [-0.25, -0.2) is 0 Å². The summed E-state index contributed by atoms with van der Waals surface area (Å²) in [4.78, 5) is 5.58. The fourth-order valence-corrected chi connectivity index (χ4v) is 2.92. The average molecular weight is 277 g/mol. The lowest BCUT2D eigenvalue weighted by molar-refractivity contribution is 0.665. The van der Waals surface area contributed by atoms with Crippen LogP contribution in [0.3, 0.4) is 0 Å². The number of hydrogen-bond donors (Lipinski definition) is 2. The van der Waals surface area contributed by atoms with E-state index < -0.39 is 0 Å². The van der Waals surface area contributed by atoms with Gasteiger partial charge in [0.2, 0.25) is 0 Å². The number of thiophene rings is 1. The predicted octanol–water partition coefficient (Wildman–Crippen LogP) is 3.30. The Morgan fingerprint density at radius 2 is 2.32 bits per heavy atom. The van der Waals surface area contributed by atoms with Crippen molar-refractivity contribution in [3.05, 3.63) is 34.0 Å². The Labute approximate surface area is 119 Å². The summed E-state index contributed by atoms with van der Waals surface area (Å²) in [6.45, 7) is 1.82. The van der Waals surface area contributed by atoms with Gasteiger partial charge in [-0.3, -0.25) is 4.99 Å². The molecule has 104 valence electrons. The number of nitrogens with zero attached hydrogens (tertiary/aromatic N) is 1. The lowest BCUT2D eigenvalue weighted by Gasteiger charge is -2.15. The summed E-state index contributed by atoms with van der Waals surface area (Å²) in [5.74, 6) is 0.893. The second kappa shape index (κ2) is 8.00. The van der Waals surface area contributed by atoms with Crippen molar-refractivity contribution in [3.8, 4) is 0 Å². The Morgan fingerprint density at radius 3 is 3.00 bits per heavy atom. The van der Waals surface area contributed by atoms with Crippen molar-refractivity contribution >= 4 is 17.3 Å². The minimum Gasteiger partial charge on any atom is -0.356 e. The largest absolute Gasteiger partial charge is 0.356 e. The maximum absolute atomic E-state index is 4.25. The molecule has 4 heteroatoms. The van der Waals surface area contributed by atoms with Gasteiger partial charge in [0, 0.05) is 18.5 Å². The van der Waals surface area contributed by atoms with Crippen LogP contribution in [0.25, 0.3) is 0 Å². The molecule has 0 aliphatic heterocycles. The number of rotatable bonds is 5. The highest BCUT2D eigenvalue weighted by atomic mass is 32.1. The van der Waals surface area contributed by atoms with Crippen LogP contribution in [0.2, 0.25) is 0 Å². The molecule has 0 amide bonds. The van der Waals surface area contributed by atoms with E-state index in [1.807, 2.05) is 7.05 Å². The van der Waals surface area contributed by atoms with Crippen LogP contribution < -0.4 is 10.6 Å². The van der Waals surface area contributed by atoms with Crippen molar-refractivity contribution in [1.82, 2.24) is 10.6 Å². The van der Waals surface area contributed by atoms with Crippen LogP contribution in [-0.4, -0.2) is 19.6 Å². The zero-order valence-electron chi connectivity index (χ0n) is 11.6. The van der Waals surface area contributed by atoms with E-state index in [0.717, 1.165) is 25.5 Å². The van der Waals surface area contributed by atoms with Crippen LogP contribution in [0, 0.1) is 0 Å². The Kier molecular flexibility index (Phi) is 5.95. The van der Waals surface area contributed by atoms with Crippen molar-refractivity contribution in [2.24, 2.45) is 4.99 Å². The summed E-state index contributed by atoms with van der Waals surface area (Å²) in [7, 11) is 1.82. The second-order valence-corrected chi connectivity index (χ2v) is 5.82. The van der Waals surface area contributed by atoms with Crippen LogP contribution >= 0.6 is 11.3 Å². The van der Waals surface area contributed by atoms with Crippen molar-refractivity contribution in [2.45, 2.75) is 38.6 Å². The Balaban J connectivity index is 1.66. The lowest BCUT2D eigenvalue weighted by atomic mass is 9.97. The van der Waals surface area contributed by atoms with E-state index in [-0.39, 0.29) is 0 Å². The van der Waals surface area contributed by atoms with Gasteiger partial charge in [0.25, 0.3) is 0 Å². The first kappa shape index (κ1) is 14.1. The third kappa shape index (κ3) is 5.07. The lowest BCUT2D eigenvalue weighted by Crippen LogP contribution is -2.37. The highest BCUT2D eigenvalue weighted by molar-refractivity contribution is 7.09. The molecule has 1 aliphatic rings. The SMILES string of the molecule is CN=C(NCCC1=CCCCC1)NCc1cccs1. The van der Waals surface area contributed by atoms with Gasteiger partial charge in [0.1, 0.15) is 0 Å². The summed E-state index contributed by atoms with van der Waals surface area (Å²) in [6.07, 6.45) is 8.81. The van der Waals surface area contributed by atoms with Gasteiger partial charge in [-0.15, -0.1) is 11.3 Å². The molecule has 19 heavy (non-hydrogen) atoms. The molecule has 0 aromatic carbocycles. The topological polar surface area (TPSA) is 36.4 Å². The molecule has 1 aliphatic carbocycles. The summed E-state index contributed by atoms with van der Waals surface area (Å²) < 4.78 is 0. The molecular weight excluding hydrogens is 254 g/mol. The molecule has 3 nitrogen and oxygen atoms in total. The fraction of sp³-hybridized carbons (Fsp3) is 0.533. The standard InChI is InChI=1S/C15H23N3S/c1-16-15(18-12-14-8-5-11-19-14)17-10-9-13-6-3-2-4-7-13/h5-6,8,11H,2-4,7,9-10,12H2,1H3,(H2,16,17,18). The molecule has 0 unspecified atom stereocenters. The molecule has 0 spiro atoms. The molecule has 2 rings (SSSR count). The highest BCUT2D eigenvalue weighted by Crippen LogP contribution is 2.19. The van der Waals surface area contributed by atoms with E-state index in [1.54, 1.807) is 16.9 Å². The van der Waals surface area contributed by atoms with Crippen molar-refractivity contribution in [2.75, 3.05) is 13.6 Å². The predicted molar refractivity (Wildman–Crippen MR) is 83.7 cm³/mol. The minimum atomic E-state index is 0.847. The molecule has 0 saturated heterocycles. The molecular formula is C15H23N3S. The number of aliphatic imine (C=N–C) groups is 1. The number of hydrogen-bond acceptors (Lipinski definition) is 2. The first-order valence-corrected chi connectivity index (χ1v) is 7.91. The molecule has 1 heterocycles. The van der Waals surface area contributed by atoms with Gasteiger partial charge >= 0.3 is 0 Å². The second-order valence-electron chi connectivity index (χ2n) is 4.79. The Hall–Kier alpha value is -1.29. The average Bonchev–Trinajstić information content (AvgIpc) is 2.97. The van der Waals surface area contributed by atoms with Gasteiger partial charge in [-0.2, -0.15) is 0 Å². The maximum atomic E-state index is 4.25. The van der Waals surface area contributed by atoms with Crippen molar-refractivity contribution in [3.63, 3.8) is 0 Å². The highest BCUT2D eigenvalue weighted by Gasteiger charge is 2.04. The molecule has 1 aromatic rings. The van der Waals surface area contributed by atoms with Crippen LogP contribution in [0.5, 0.6) is 0 Å². The van der Waals surface area contributed by atoms with Crippen molar-refractivity contribution in [1.29, 1.82) is 0 Å². The van der Waals surface area contributed by atoms with E-state index in [2.05, 4.69) is 39.2 Å². The summed E-state index contributed by atoms with van der Waals surface area (Å²) in [5, 5.41) is 8.82. The maximum Gasteiger partial charge on any atom is 0.191 e. The Bertz CT molecular complexity index is 421. The Morgan fingerprint density at radius 1 is 1.37 bits per heavy atom. The van der Waals surface area contributed by atoms with E-state index >= 15 is 0 Å². The summed E-state index contributed by atoms with van der Waals surface area (Å²) in [6, 6.07) is 4.21. The summed E-state index contributed by atoms with van der Waals surface area (Å²) in [5.41, 5.74) is 1.60. The molecule has 0 saturated carbocycles. The molecule has 2 N–H and O–H groups in total. The normalized spacial score (nSPS) is 16.1. The van der Waals surface area contributed by atoms with Gasteiger partial charge in [-0.1, -0.05) is 17.7 Å². The molecule has 1 aromatic heterocycles. The smallest absolute Gasteiger partial charge is 0.191 e. The zero-order valence-corrected chi connectivity index (χ0v) is 12.4. The first-order valence-electron chi connectivity index (χ1n) is 7.03. The van der Waals surface area contributed by atoms with E-state index in [4.69, 9.17) is 0 Å². The molecule has 0 fully saturated rings. The molecule has 0 bridgehead atoms. The van der Waals surface area contributed by atoms with E-state index in [1.165, 1.54) is 30.6 Å². The van der Waals surface area contributed by atoms with Crippen molar-refractivity contribution < 1.29 is 0 Å². The van der Waals surface area contributed by atoms with Gasteiger partial charge in [0.15, 0.2) is 5.96 Å². The summed E-state index contributed by atoms with van der Waals surface area (Å²) >= 11 is 1.77. The van der Waals surface area contributed by atoms with Crippen LogP contribution in [0.1, 0.15) is 37.0 Å². The molecule has 0 atom stereocenters. The third-order valence-corrected chi connectivity index (χ3v) is 4.23. The van der Waals surface area contributed by atoms with Gasteiger partial charge < -0.3 is 10.6 Å². The van der Waals surface area contributed by atoms with E-state index in [0.29, 0.717) is 0 Å². The zero-order chi connectivity index (χ0) is 13.3. The van der Waals surface area contributed by atoms with Gasteiger partial charge in [-0.05, 0) is 43.6 Å². The van der Waals surface area contributed by atoms with E-state index in [9.17, 15) is 0 Å². The van der Waals surface area contributed by atoms with Crippen LogP contribution in [0.4, 0.5) is 0 Å². The van der Waals surface area contributed by atoms with Crippen LogP contribution in [-0.2, 0) is 6.54 Å². The number of guanidine groups is 1. The number of allylic oxidation sites excluding steroid dienone is 1. The fourth-order valence-electron chi connectivity index (χ4n) is 2.28. The quantitative estimate of drug-likeness (QED) is 0.492. The van der Waals surface area contributed by atoms with Crippen LogP contribution in [0.15, 0.2) is 34.2 Å². The monoisotopic (exact) mass is 277 g/mol. The van der Waals surface area contributed by atoms with Gasteiger partial charge in [0.05, 0.1) is 6.54 Å². The third-order valence-electron chi connectivity index (χ3n) is 3.36. The minimum absolute atomic E-state index is 0.847. The molecule has 0 radical (unpaired) electrons. The number of nitrogens with one attached hydrogen (secondary N) is 2. The first-order chi connectivity index (χ1) is 9.38.